The number of piperazine rings is 1. The Bertz CT molecular complexity index is 316. The Morgan fingerprint density at radius 2 is 1.80 bits per heavy atom. The van der Waals surface area contributed by atoms with E-state index in [4.69, 9.17) is 0 Å². The molecule has 0 spiro atoms. The van der Waals surface area contributed by atoms with E-state index in [1.54, 1.807) is 0 Å². The Labute approximate surface area is 91.7 Å². The Hall–Kier alpha value is -1.22. The van der Waals surface area contributed by atoms with Crippen LogP contribution in [0.2, 0.25) is 0 Å². The summed E-state index contributed by atoms with van der Waals surface area (Å²) >= 11 is 0. The Kier molecular flexibility index (Phi) is 3.11. The first-order chi connectivity index (χ1) is 7.29. The molecule has 3 heteroatoms. The van der Waals surface area contributed by atoms with Crippen molar-refractivity contribution in [1.82, 2.24) is 5.32 Å². The minimum absolute atomic E-state index is 1.09. The van der Waals surface area contributed by atoms with Gasteiger partial charge in [-0.15, -0.1) is 0 Å². The second kappa shape index (κ2) is 4.53. The van der Waals surface area contributed by atoms with Crippen LogP contribution in [0.5, 0.6) is 0 Å². The molecule has 0 aromatic heterocycles. The third-order valence-electron chi connectivity index (χ3n) is 2.82. The minimum Gasteiger partial charge on any atom is -0.376 e. The zero-order valence-electron chi connectivity index (χ0n) is 9.53. The molecule has 0 bridgehead atoms. The molecule has 1 N–H and O–H groups in total. The molecule has 82 valence electrons. The molecule has 0 unspecified atom stereocenters. The zero-order chi connectivity index (χ0) is 10.7. The fraction of sp³-hybridized carbons (Fsp3) is 0.500. The van der Waals surface area contributed by atoms with Crippen LogP contribution in [0, 0.1) is 0 Å². The summed E-state index contributed by atoms with van der Waals surface area (Å²) in [6.07, 6.45) is 0. The fourth-order valence-electron chi connectivity index (χ4n) is 2.02. The first-order valence-corrected chi connectivity index (χ1v) is 5.51. The summed E-state index contributed by atoms with van der Waals surface area (Å²) in [5, 5.41) is 3.38. The average Bonchev–Trinajstić information content (AvgIpc) is 2.30. The molecular weight excluding hydrogens is 186 g/mol. The summed E-state index contributed by atoms with van der Waals surface area (Å²) in [7, 11) is 4.20. The second-order valence-corrected chi connectivity index (χ2v) is 4.12. The van der Waals surface area contributed by atoms with Crippen molar-refractivity contribution in [2.45, 2.75) is 0 Å². The van der Waals surface area contributed by atoms with Crippen molar-refractivity contribution in [2.24, 2.45) is 0 Å². The van der Waals surface area contributed by atoms with Crippen LogP contribution in [0.25, 0.3) is 0 Å². The molecular formula is C12H19N3. The normalized spacial score (nSPS) is 16.5. The standard InChI is InChI=1S/C12H19N3/c1-14(2)11-5-3-4-6-12(11)15-9-7-13-8-10-15/h3-6,13H,7-10H2,1-2H3. The number of nitrogens with one attached hydrogen (secondary N) is 1. The van der Waals surface area contributed by atoms with Gasteiger partial charge in [-0.3, -0.25) is 0 Å². The Morgan fingerprint density at radius 1 is 1.13 bits per heavy atom. The van der Waals surface area contributed by atoms with Crippen LogP contribution in [0.15, 0.2) is 24.3 Å². The number of nitrogens with zero attached hydrogens (tertiary/aromatic N) is 2. The first-order valence-electron chi connectivity index (χ1n) is 5.51. The van der Waals surface area contributed by atoms with Crippen LogP contribution < -0.4 is 15.1 Å². The van der Waals surface area contributed by atoms with Gasteiger partial charge in [0.25, 0.3) is 0 Å². The van der Waals surface area contributed by atoms with Crippen LogP contribution in [0.4, 0.5) is 11.4 Å². The highest BCUT2D eigenvalue weighted by Gasteiger charge is 2.14. The van der Waals surface area contributed by atoms with Gasteiger partial charge in [0.2, 0.25) is 0 Å². The minimum atomic E-state index is 1.09. The van der Waals surface area contributed by atoms with Crippen molar-refractivity contribution in [2.75, 3.05) is 50.1 Å². The van der Waals surface area contributed by atoms with E-state index in [0.29, 0.717) is 0 Å². The molecule has 0 amide bonds. The lowest BCUT2D eigenvalue weighted by Gasteiger charge is -2.32. The highest BCUT2D eigenvalue weighted by Crippen LogP contribution is 2.27. The molecule has 0 atom stereocenters. The van der Waals surface area contributed by atoms with Crippen molar-refractivity contribution in [3.63, 3.8) is 0 Å². The van der Waals surface area contributed by atoms with Gasteiger partial charge in [-0.1, -0.05) is 12.1 Å². The Balaban J connectivity index is 2.25. The largest absolute Gasteiger partial charge is 0.376 e. The predicted molar refractivity (Wildman–Crippen MR) is 65.9 cm³/mol. The van der Waals surface area contributed by atoms with Crippen LogP contribution in [-0.2, 0) is 0 Å². The molecule has 1 aromatic carbocycles. The summed E-state index contributed by atoms with van der Waals surface area (Å²) in [5.41, 5.74) is 2.66. The monoisotopic (exact) mass is 205 g/mol. The lowest BCUT2D eigenvalue weighted by Crippen LogP contribution is -2.43. The van der Waals surface area contributed by atoms with E-state index in [-0.39, 0.29) is 0 Å². The van der Waals surface area contributed by atoms with Gasteiger partial charge >= 0.3 is 0 Å². The van der Waals surface area contributed by atoms with Gasteiger partial charge < -0.3 is 15.1 Å². The van der Waals surface area contributed by atoms with Crippen molar-refractivity contribution < 1.29 is 0 Å². The van der Waals surface area contributed by atoms with Gasteiger partial charge in [0.1, 0.15) is 0 Å². The summed E-state index contributed by atoms with van der Waals surface area (Å²) < 4.78 is 0. The molecule has 15 heavy (non-hydrogen) atoms. The predicted octanol–water partition coefficient (Wildman–Crippen LogP) is 1.16. The van der Waals surface area contributed by atoms with Crippen LogP contribution in [-0.4, -0.2) is 40.3 Å². The second-order valence-electron chi connectivity index (χ2n) is 4.12. The van der Waals surface area contributed by atoms with Gasteiger partial charge in [-0.05, 0) is 12.1 Å². The van der Waals surface area contributed by atoms with Crippen LogP contribution in [0.1, 0.15) is 0 Å². The SMILES string of the molecule is CN(C)c1ccccc1N1CCNCC1. The van der Waals surface area contributed by atoms with Crippen molar-refractivity contribution in [3.05, 3.63) is 24.3 Å². The van der Waals surface area contributed by atoms with Crippen molar-refractivity contribution in [1.29, 1.82) is 0 Å². The molecule has 1 aromatic rings. The number of hydrogen-bond donors (Lipinski definition) is 1. The number of anilines is 2. The third-order valence-corrected chi connectivity index (χ3v) is 2.82. The summed E-state index contributed by atoms with van der Waals surface area (Å²) in [6.45, 7) is 4.37. The van der Waals surface area contributed by atoms with Crippen molar-refractivity contribution in [3.8, 4) is 0 Å². The van der Waals surface area contributed by atoms with Gasteiger partial charge in [-0.2, -0.15) is 0 Å². The smallest absolute Gasteiger partial charge is 0.0604 e. The molecule has 1 aliphatic rings. The summed E-state index contributed by atoms with van der Waals surface area (Å²) in [4.78, 5) is 4.63. The van der Waals surface area contributed by atoms with E-state index in [2.05, 4.69) is 53.5 Å². The van der Waals surface area contributed by atoms with E-state index < -0.39 is 0 Å². The summed E-state index contributed by atoms with van der Waals surface area (Å²) in [6, 6.07) is 8.60. The third kappa shape index (κ3) is 2.23. The first kappa shape index (κ1) is 10.3. The topological polar surface area (TPSA) is 18.5 Å². The quantitative estimate of drug-likeness (QED) is 0.781. The van der Waals surface area contributed by atoms with Crippen LogP contribution >= 0.6 is 0 Å². The van der Waals surface area contributed by atoms with Crippen molar-refractivity contribution >= 4 is 11.4 Å². The Morgan fingerprint density at radius 3 is 2.47 bits per heavy atom. The van der Waals surface area contributed by atoms with E-state index in [1.165, 1.54) is 11.4 Å². The van der Waals surface area contributed by atoms with Gasteiger partial charge in [-0.25, -0.2) is 0 Å². The fourth-order valence-corrected chi connectivity index (χ4v) is 2.02. The van der Waals surface area contributed by atoms with E-state index in [0.717, 1.165) is 26.2 Å². The molecule has 0 radical (unpaired) electrons. The maximum atomic E-state index is 3.38. The maximum Gasteiger partial charge on any atom is 0.0604 e. The molecule has 0 aliphatic carbocycles. The molecule has 1 aliphatic heterocycles. The van der Waals surface area contributed by atoms with Crippen LogP contribution in [0.3, 0.4) is 0 Å². The molecule has 2 rings (SSSR count). The highest BCUT2D eigenvalue weighted by atomic mass is 15.2. The number of hydrogen-bond acceptors (Lipinski definition) is 3. The molecule has 1 saturated heterocycles. The number of benzene rings is 1. The highest BCUT2D eigenvalue weighted by molar-refractivity contribution is 5.70. The van der Waals surface area contributed by atoms with Gasteiger partial charge in [0.15, 0.2) is 0 Å². The van der Waals surface area contributed by atoms with E-state index in [1.807, 2.05) is 0 Å². The molecule has 1 heterocycles. The number of rotatable bonds is 2. The van der Waals surface area contributed by atoms with E-state index in [9.17, 15) is 0 Å². The average molecular weight is 205 g/mol. The van der Waals surface area contributed by atoms with Gasteiger partial charge in [0.05, 0.1) is 11.4 Å². The zero-order valence-corrected chi connectivity index (χ0v) is 9.53. The van der Waals surface area contributed by atoms with E-state index >= 15 is 0 Å². The summed E-state index contributed by atoms with van der Waals surface area (Å²) in [5.74, 6) is 0. The maximum absolute atomic E-state index is 3.38. The number of para-hydroxylation sites is 2. The lowest BCUT2D eigenvalue weighted by molar-refractivity contribution is 0.589. The lowest BCUT2D eigenvalue weighted by atomic mass is 10.2. The molecule has 1 fully saturated rings. The van der Waals surface area contributed by atoms with Gasteiger partial charge in [0, 0.05) is 40.3 Å². The molecule has 3 nitrogen and oxygen atoms in total. The molecule has 0 saturated carbocycles.